The van der Waals surface area contributed by atoms with Crippen molar-refractivity contribution in [3.05, 3.63) is 36.0 Å². The molecule has 102 valence electrons. The first kappa shape index (κ1) is 12.9. The van der Waals surface area contributed by atoms with Crippen LogP contribution in [0.2, 0.25) is 0 Å². The van der Waals surface area contributed by atoms with Crippen molar-refractivity contribution in [3.63, 3.8) is 0 Å². The lowest BCUT2D eigenvalue weighted by molar-refractivity contribution is 0.423. The van der Waals surface area contributed by atoms with Gasteiger partial charge in [0.25, 0.3) is 0 Å². The first-order valence-corrected chi connectivity index (χ1v) is 7.23. The average molecular weight is 265 g/mol. The molecule has 3 heteroatoms. The van der Waals surface area contributed by atoms with Gasteiger partial charge in [-0.3, -0.25) is 4.98 Å². The van der Waals surface area contributed by atoms with Crippen molar-refractivity contribution in [1.29, 1.82) is 5.26 Å². The minimum Gasteiger partial charge on any atom is -0.370 e. The van der Waals surface area contributed by atoms with E-state index in [1.807, 2.05) is 18.2 Å². The molecule has 1 aliphatic rings. The molecule has 1 fully saturated rings. The van der Waals surface area contributed by atoms with E-state index in [-0.39, 0.29) is 0 Å². The maximum Gasteiger partial charge on any atom is 0.103 e. The maximum absolute atomic E-state index is 9.40. The molecular formula is C17H19N3. The Morgan fingerprint density at radius 1 is 1.35 bits per heavy atom. The van der Waals surface area contributed by atoms with Crippen LogP contribution in [0.3, 0.4) is 0 Å². The summed E-state index contributed by atoms with van der Waals surface area (Å²) >= 11 is 0. The number of hydrogen-bond donors (Lipinski definition) is 0. The summed E-state index contributed by atoms with van der Waals surface area (Å²) in [4.78, 5) is 6.76. The van der Waals surface area contributed by atoms with E-state index in [9.17, 15) is 5.26 Å². The normalized spacial score (nSPS) is 18.7. The molecule has 20 heavy (non-hydrogen) atoms. The first-order chi connectivity index (χ1) is 9.70. The van der Waals surface area contributed by atoms with Gasteiger partial charge in [0.15, 0.2) is 0 Å². The number of benzene rings is 1. The van der Waals surface area contributed by atoms with Gasteiger partial charge in [0.1, 0.15) is 6.07 Å². The standard InChI is InChI=1S/C17H19N3/c1-12(2)13-7-8-20(11-13)17-14(9-18)10-19-16-6-4-3-5-15(16)17/h3-6,10,12-13H,7-8,11H2,1-2H3. The predicted molar refractivity (Wildman–Crippen MR) is 81.6 cm³/mol. The number of hydrogen-bond acceptors (Lipinski definition) is 3. The van der Waals surface area contributed by atoms with Crippen molar-refractivity contribution in [2.24, 2.45) is 11.8 Å². The number of para-hydroxylation sites is 1. The van der Waals surface area contributed by atoms with Crippen LogP contribution < -0.4 is 4.90 Å². The van der Waals surface area contributed by atoms with Crippen molar-refractivity contribution in [2.75, 3.05) is 18.0 Å². The van der Waals surface area contributed by atoms with Gasteiger partial charge in [0, 0.05) is 24.7 Å². The zero-order valence-corrected chi connectivity index (χ0v) is 12.0. The van der Waals surface area contributed by atoms with Crippen LogP contribution in [0.1, 0.15) is 25.8 Å². The lowest BCUT2D eigenvalue weighted by atomic mass is 9.95. The molecule has 1 atom stereocenters. The van der Waals surface area contributed by atoms with Crippen LogP contribution in [0.5, 0.6) is 0 Å². The van der Waals surface area contributed by atoms with E-state index in [0.717, 1.165) is 29.7 Å². The zero-order valence-electron chi connectivity index (χ0n) is 12.0. The van der Waals surface area contributed by atoms with Gasteiger partial charge in [0.05, 0.1) is 16.8 Å². The van der Waals surface area contributed by atoms with Gasteiger partial charge in [-0.1, -0.05) is 32.0 Å². The van der Waals surface area contributed by atoms with Crippen LogP contribution in [0.15, 0.2) is 30.5 Å². The molecule has 0 spiro atoms. The Morgan fingerprint density at radius 2 is 2.15 bits per heavy atom. The van der Waals surface area contributed by atoms with Crippen LogP contribution in [-0.2, 0) is 0 Å². The average Bonchev–Trinajstić information content (AvgIpc) is 2.95. The Morgan fingerprint density at radius 3 is 2.85 bits per heavy atom. The summed E-state index contributed by atoms with van der Waals surface area (Å²) in [5.74, 6) is 1.41. The largest absolute Gasteiger partial charge is 0.370 e. The second-order valence-corrected chi connectivity index (χ2v) is 5.89. The van der Waals surface area contributed by atoms with Crippen LogP contribution in [0.4, 0.5) is 5.69 Å². The number of anilines is 1. The summed E-state index contributed by atoms with van der Waals surface area (Å²) in [6, 6.07) is 10.4. The molecule has 1 aliphatic heterocycles. The van der Waals surface area contributed by atoms with E-state index >= 15 is 0 Å². The Labute approximate surface area is 119 Å². The van der Waals surface area contributed by atoms with Crippen LogP contribution in [-0.4, -0.2) is 18.1 Å². The fourth-order valence-electron chi connectivity index (χ4n) is 3.08. The van der Waals surface area contributed by atoms with E-state index in [0.29, 0.717) is 17.4 Å². The van der Waals surface area contributed by atoms with Crippen LogP contribution in [0, 0.1) is 23.2 Å². The highest BCUT2D eigenvalue weighted by molar-refractivity contribution is 5.94. The van der Waals surface area contributed by atoms with E-state index < -0.39 is 0 Å². The third-order valence-corrected chi connectivity index (χ3v) is 4.35. The Bertz CT molecular complexity index is 669. The van der Waals surface area contributed by atoms with E-state index in [1.165, 1.54) is 6.42 Å². The number of fused-ring (bicyclic) bond motifs is 1. The molecule has 1 unspecified atom stereocenters. The highest BCUT2D eigenvalue weighted by Gasteiger charge is 2.27. The van der Waals surface area contributed by atoms with Crippen LogP contribution in [0.25, 0.3) is 10.9 Å². The molecule has 1 aromatic carbocycles. The molecule has 3 nitrogen and oxygen atoms in total. The first-order valence-electron chi connectivity index (χ1n) is 7.23. The molecular weight excluding hydrogens is 246 g/mol. The van der Waals surface area contributed by atoms with E-state index in [2.05, 4.69) is 35.9 Å². The summed E-state index contributed by atoms with van der Waals surface area (Å²) in [6.07, 6.45) is 2.92. The summed E-state index contributed by atoms with van der Waals surface area (Å²) < 4.78 is 0. The fraction of sp³-hybridized carbons (Fsp3) is 0.412. The highest BCUT2D eigenvalue weighted by atomic mass is 15.2. The van der Waals surface area contributed by atoms with Gasteiger partial charge in [-0.25, -0.2) is 0 Å². The number of rotatable bonds is 2. The Hall–Kier alpha value is -2.08. The minimum absolute atomic E-state index is 0.688. The van der Waals surface area contributed by atoms with Crippen molar-refractivity contribution in [3.8, 4) is 6.07 Å². The minimum atomic E-state index is 0.688. The maximum atomic E-state index is 9.40. The second kappa shape index (κ2) is 5.13. The third-order valence-electron chi connectivity index (χ3n) is 4.35. The zero-order chi connectivity index (χ0) is 14.1. The Kier molecular flexibility index (Phi) is 3.31. The summed E-state index contributed by atoms with van der Waals surface area (Å²) in [5, 5.41) is 10.5. The molecule has 2 aromatic rings. The predicted octanol–water partition coefficient (Wildman–Crippen LogP) is 3.59. The molecule has 0 bridgehead atoms. The second-order valence-electron chi connectivity index (χ2n) is 5.89. The molecule has 3 rings (SSSR count). The molecule has 0 amide bonds. The van der Waals surface area contributed by atoms with Gasteiger partial charge in [-0.05, 0) is 24.3 Å². The molecule has 0 saturated carbocycles. The van der Waals surface area contributed by atoms with Crippen molar-refractivity contribution < 1.29 is 0 Å². The molecule has 1 saturated heterocycles. The summed E-state index contributed by atoms with van der Waals surface area (Å²) in [6.45, 7) is 6.64. The van der Waals surface area contributed by atoms with E-state index in [1.54, 1.807) is 6.20 Å². The monoisotopic (exact) mass is 265 g/mol. The summed E-state index contributed by atoms with van der Waals surface area (Å²) in [7, 11) is 0. The number of pyridine rings is 1. The van der Waals surface area contributed by atoms with Gasteiger partial charge in [-0.2, -0.15) is 5.26 Å². The van der Waals surface area contributed by atoms with Crippen LogP contribution >= 0.6 is 0 Å². The molecule has 2 heterocycles. The van der Waals surface area contributed by atoms with Gasteiger partial charge < -0.3 is 4.90 Å². The fourth-order valence-corrected chi connectivity index (χ4v) is 3.08. The Balaban J connectivity index is 2.08. The highest BCUT2D eigenvalue weighted by Crippen LogP contribution is 2.34. The number of nitriles is 1. The lowest BCUT2D eigenvalue weighted by Crippen LogP contribution is -2.22. The number of nitrogens with zero attached hydrogens (tertiary/aromatic N) is 3. The topological polar surface area (TPSA) is 39.9 Å². The quantitative estimate of drug-likeness (QED) is 0.833. The van der Waals surface area contributed by atoms with Crippen molar-refractivity contribution in [1.82, 2.24) is 4.98 Å². The smallest absolute Gasteiger partial charge is 0.103 e. The number of aromatic nitrogens is 1. The summed E-state index contributed by atoms with van der Waals surface area (Å²) in [5.41, 5.74) is 2.73. The molecule has 1 aromatic heterocycles. The SMILES string of the molecule is CC(C)C1CCN(c2c(C#N)cnc3ccccc23)C1. The lowest BCUT2D eigenvalue weighted by Gasteiger charge is -2.22. The van der Waals surface area contributed by atoms with Gasteiger partial charge >= 0.3 is 0 Å². The molecule has 0 aliphatic carbocycles. The van der Waals surface area contributed by atoms with Crippen molar-refractivity contribution in [2.45, 2.75) is 20.3 Å². The van der Waals surface area contributed by atoms with Gasteiger partial charge in [-0.15, -0.1) is 0 Å². The van der Waals surface area contributed by atoms with E-state index in [4.69, 9.17) is 0 Å². The van der Waals surface area contributed by atoms with Gasteiger partial charge in [0.2, 0.25) is 0 Å². The van der Waals surface area contributed by atoms with Crippen molar-refractivity contribution >= 4 is 16.6 Å². The molecule has 0 N–H and O–H groups in total. The third kappa shape index (κ3) is 2.12. The molecule has 0 radical (unpaired) electrons.